The van der Waals surface area contributed by atoms with Gasteiger partial charge in [-0.3, -0.25) is 4.79 Å². The Hall–Kier alpha value is -2.49. The molecule has 0 saturated heterocycles. The Bertz CT molecular complexity index is 832. The van der Waals surface area contributed by atoms with Crippen molar-refractivity contribution in [3.63, 3.8) is 0 Å². The highest BCUT2D eigenvalue weighted by Gasteiger charge is 2.12. The van der Waals surface area contributed by atoms with Crippen LogP contribution in [-0.4, -0.2) is 40.1 Å². The number of rotatable bonds is 9. The smallest absolute Gasteiger partial charge is 0.271 e. The number of methoxy groups -OCH3 is 3. The topological polar surface area (TPSA) is 78.4 Å². The SMILES string of the molecule is CCCOc1c(I)cc(/C=N\NC(=O)c2cc(OC)cc(OC)c2)cc1OC. The summed E-state index contributed by atoms with van der Waals surface area (Å²) in [6, 6.07) is 8.62. The van der Waals surface area contributed by atoms with Crippen molar-refractivity contribution in [2.24, 2.45) is 5.10 Å². The van der Waals surface area contributed by atoms with Gasteiger partial charge in [-0.25, -0.2) is 5.43 Å². The van der Waals surface area contributed by atoms with Crippen molar-refractivity contribution >= 4 is 34.7 Å². The molecule has 0 bridgehead atoms. The van der Waals surface area contributed by atoms with Crippen LogP contribution < -0.4 is 24.4 Å². The summed E-state index contributed by atoms with van der Waals surface area (Å²) in [6.07, 6.45) is 2.45. The first-order chi connectivity index (χ1) is 13.5. The Kier molecular flexibility index (Phi) is 8.37. The molecule has 0 aliphatic heterocycles. The molecule has 150 valence electrons. The van der Waals surface area contributed by atoms with E-state index in [0.29, 0.717) is 35.2 Å². The Labute approximate surface area is 178 Å². The summed E-state index contributed by atoms with van der Waals surface area (Å²) in [6.45, 7) is 2.65. The number of hydrogen-bond acceptors (Lipinski definition) is 6. The predicted octanol–water partition coefficient (Wildman–Crippen LogP) is 3.87. The summed E-state index contributed by atoms with van der Waals surface area (Å²) >= 11 is 2.18. The van der Waals surface area contributed by atoms with E-state index < -0.39 is 0 Å². The molecule has 0 radical (unpaired) electrons. The lowest BCUT2D eigenvalue weighted by molar-refractivity contribution is 0.0954. The molecule has 2 rings (SSSR count). The molecule has 0 aromatic heterocycles. The van der Waals surface area contributed by atoms with Crippen molar-refractivity contribution in [1.82, 2.24) is 5.43 Å². The van der Waals surface area contributed by atoms with Gasteiger partial charge in [-0.1, -0.05) is 6.92 Å². The zero-order chi connectivity index (χ0) is 20.5. The summed E-state index contributed by atoms with van der Waals surface area (Å²) in [7, 11) is 4.64. The summed E-state index contributed by atoms with van der Waals surface area (Å²) in [4.78, 5) is 12.4. The first kappa shape index (κ1) is 21.8. The van der Waals surface area contributed by atoms with Crippen LogP contribution in [0.15, 0.2) is 35.4 Å². The number of carbonyl (C=O) groups excluding carboxylic acids is 1. The Morgan fingerprint density at radius 3 is 2.32 bits per heavy atom. The van der Waals surface area contributed by atoms with Gasteiger partial charge in [-0.2, -0.15) is 5.10 Å². The molecule has 0 atom stereocenters. The number of amides is 1. The van der Waals surface area contributed by atoms with Gasteiger partial charge in [-0.05, 0) is 58.8 Å². The van der Waals surface area contributed by atoms with Crippen LogP contribution in [0, 0.1) is 3.57 Å². The van der Waals surface area contributed by atoms with E-state index in [4.69, 9.17) is 18.9 Å². The number of benzene rings is 2. The average Bonchev–Trinajstić information content (AvgIpc) is 2.71. The minimum Gasteiger partial charge on any atom is -0.497 e. The third-order valence-corrected chi connectivity index (χ3v) is 4.50. The van der Waals surface area contributed by atoms with Crippen molar-refractivity contribution in [2.75, 3.05) is 27.9 Å². The minimum atomic E-state index is -0.377. The highest BCUT2D eigenvalue weighted by molar-refractivity contribution is 14.1. The lowest BCUT2D eigenvalue weighted by Gasteiger charge is -2.12. The number of hydrogen-bond donors (Lipinski definition) is 1. The third kappa shape index (κ3) is 5.75. The Morgan fingerprint density at radius 2 is 1.75 bits per heavy atom. The molecule has 2 aromatic rings. The molecule has 2 aromatic carbocycles. The molecule has 7 nitrogen and oxygen atoms in total. The number of halogens is 1. The first-order valence-electron chi connectivity index (χ1n) is 8.59. The second-order valence-corrected chi connectivity index (χ2v) is 6.85. The predicted molar refractivity (Wildman–Crippen MR) is 116 cm³/mol. The van der Waals surface area contributed by atoms with Gasteiger partial charge >= 0.3 is 0 Å². The van der Waals surface area contributed by atoms with Gasteiger partial charge in [0.05, 0.1) is 37.7 Å². The van der Waals surface area contributed by atoms with Crippen molar-refractivity contribution < 1.29 is 23.7 Å². The number of ether oxygens (including phenoxy) is 4. The largest absolute Gasteiger partial charge is 0.497 e. The second-order valence-electron chi connectivity index (χ2n) is 5.68. The lowest BCUT2D eigenvalue weighted by atomic mass is 10.2. The third-order valence-electron chi connectivity index (χ3n) is 3.70. The molecule has 0 spiro atoms. The summed E-state index contributed by atoms with van der Waals surface area (Å²) in [5.41, 5.74) is 3.65. The van der Waals surface area contributed by atoms with Gasteiger partial charge in [0.2, 0.25) is 0 Å². The highest BCUT2D eigenvalue weighted by Crippen LogP contribution is 2.33. The Morgan fingerprint density at radius 1 is 1.07 bits per heavy atom. The first-order valence-corrected chi connectivity index (χ1v) is 9.67. The van der Waals surface area contributed by atoms with Crippen LogP contribution >= 0.6 is 22.6 Å². The zero-order valence-electron chi connectivity index (χ0n) is 16.2. The summed E-state index contributed by atoms with van der Waals surface area (Å²) in [5, 5.41) is 4.03. The van der Waals surface area contributed by atoms with E-state index in [1.54, 1.807) is 37.6 Å². The van der Waals surface area contributed by atoms with E-state index in [1.807, 2.05) is 13.0 Å². The zero-order valence-corrected chi connectivity index (χ0v) is 18.4. The molecule has 0 aliphatic carbocycles. The average molecular weight is 498 g/mol. The lowest BCUT2D eigenvalue weighted by Crippen LogP contribution is -2.17. The molecular formula is C20H23IN2O5. The quantitative estimate of drug-likeness (QED) is 0.323. The van der Waals surface area contributed by atoms with Crippen LogP contribution in [0.25, 0.3) is 0 Å². The van der Waals surface area contributed by atoms with E-state index in [9.17, 15) is 4.79 Å². The number of carbonyl (C=O) groups is 1. The van der Waals surface area contributed by atoms with Crippen molar-refractivity contribution in [3.8, 4) is 23.0 Å². The second kappa shape index (κ2) is 10.7. The molecule has 0 saturated carbocycles. The molecule has 0 heterocycles. The van der Waals surface area contributed by atoms with Crippen LogP contribution in [0.4, 0.5) is 0 Å². The van der Waals surface area contributed by atoms with Crippen molar-refractivity contribution in [3.05, 3.63) is 45.0 Å². The minimum absolute atomic E-state index is 0.377. The number of nitrogens with zero attached hydrogens (tertiary/aromatic N) is 1. The number of nitrogens with one attached hydrogen (secondary N) is 1. The molecule has 0 aliphatic rings. The molecule has 1 amide bonds. The Balaban J connectivity index is 2.14. The van der Waals surface area contributed by atoms with Crippen LogP contribution in [0.3, 0.4) is 0 Å². The van der Waals surface area contributed by atoms with Gasteiger partial charge < -0.3 is 18.9 Å². The van der Waals surface area contributed by atoms with Gasteiger partial charge in [-0.15, -0.1) is 0 Å². The van der Waals surface area contributed by atoms with Gasteiger partial charge in [0, 0.05) is 11.6 Å². The van der Waals surface area contributed by atoms with Crippen molar-refractivity contribution in [2.45, 2.75) is 13.3 Å². The van der Waals surface area contributed by atoms with E-state index in [0.717, 1.165) is 15.6 Å². The van der Waals surface area contributed by atoms with Gasteiger partial charge in [0.1, 0.15) is 11.5 Å². The molecular weight excluding hydrogens is 475 g/mol. The van der Waals surface area contributed by atoms with E-state index in [2.05, 4.69) is 33.1 Å². The van der Waals surface area contributed by atoms with E-state index in [1.165, 1.54) is 14.2 Å². The highest BCUT2D eigenvalue weighted by atomic mass is 127. The van der Waals surface area contributed by atoms with Crippen LogP contribution in [0.1, 0.15) is 29.3 Å². The van der Waals surface area contributed by atoms with E-state index in [-0.39, 0.29) is 5.91 Å². The summed E-state index contributed by atoms with van der Waals surface area (Å²) < 4.78 is 22.4. The molecule has 0 fully saturated rings. The maximum Gasteiger partial charge on any atom is 0.271 e. The monoisotopic (exact) mass is 498 g/mol. The normalized spacial score (nSPS) is 10.6. The maximum atomic E-state index is 12.4. The van der Waals surface area contributed by atoms with Crippen LogP contribution in [-0.2, 0) is 0 Å². The molecule has 8 heteroatoms. The van der Waals surface area contributed by atoms with Gasteiger partial charge in [0.25, 0.3) is 5.91 Å². The maximum absolute atomic E-state index is 12.4. The standard InChI is InChI=1S/C20H23IN2O5/c1-5-6-28-19-17(21)7-13(8-18(19)27-4)12-22-23-20(24)14-9-15(25-2)11-16(10-14)26-3/h7-12H,5-6H2,1-4H3,(H,23,24)/b22-12-. The molecule has 1 N–H and O–H groups in total. The van der Waals surface area contributed by atoms with E-state index >= 15 is 0 Å². The van der Waals surface area contributed by atoms with Crippen molar-refractivity contribution in [1.29, 1.82) is 0 Å². The molecule has 0 unspecified atom stereocenters. The van der Waals surface area contributed by atoms with Crippen LogP contribution in [0.2, 0.25) is 0 Å². The fourth-order valence-corrected chi connectivity index (χ4v) is 3.11. The fraction of sp³-hybridized carbons (Fsp3) is 0.300. The number of hydrazone groups is 1. The fourth-order valence-electron chi connectivity index (χ4n) is 2.33. The molecule has 28 heavy (non-hydrogen) atoms. The van der Waals surface area contributed by atoms with Crippen LogP contribution in [0.5, 0.6) is 23.0 Å². The summed E-state index contributed by atoms with van der Waals surface area (Å²) in [5.74, 6) is 1.99. The van der Waals surface area contributed by atoms with Gasteiger partial charge in [0.15, 0.2) is 11.5 Å².